The zero-order valence-electron chi connectivity index (χ0n) is 17.8. The molecule has 0 radical (unpaired) electrons. The fourth-order valence-corrected chi connectivity index (χ4v) is 3.84. The summed E-state index contributed by atoms with van der Waals surface area (Å²) in [6.45, 7) is 4.84. The summed E-state index contributed by atoms with van der Waals surface area (Å²) in [6.07, 6.45) is 6.95. The second kappa shape index (κ2) is 8.17. The fraction of sp³-hybridized carbons (Fsp3) is 0.318. The number of pyridine rings is 1. The molecular weight excluding hydrogens is 392 g/mol. The monoisotopic (exact) mass is 418 g/mol. The van der Waals surface area contributed by atoms with Crippen molar-refractivity contribution in [1.29, 1.82) is 5.41 Å². The van der Waals surface area contributed by atoms with E-state index in [9.17, 15) is 4.79 Å². The number of allylic oxidation sites excluding steroid dienone is 1. The van der Waals surface area contributed by atoms with Crippen molar-refractivity contribution in [3.05, 3.63) is 42.4 Å². The van der Waals surface area contributed by atoms with Crippen LogP contribution in [0, 0.1) is 5.41 Å². The largest absolute Gasteiger partial charge is 0.404 e. The van der Waals surface area contributed by atoms with E-state index in [0.29, 0.717) is 24.2 Å². The van der Waals surface area contributed by atoms with Gasteiger partial charge >= 0.3 is 0 Å². The summed E-state index contributed by atoms with van der Waals surface area (Å²) in [4.78, 5) is 18.7. The maximum absolute atomic E-state index is 12.4. The third kappa shape index (κ3) is 3.74. The average molecular weight is 419 g/mol. The van der Waals surface area contributed by atoms with Crippen molar-refractivity contribution in [3.8, 4) is 11.3 Å². The average Bonchev–Trinajstić information content (AvgIpc) is 3.36. The quantitative estimate of drug-likeness (QED) is 0.529. The number of carbonyl (C=O) groups excluding carboxylic acids is 1. The first-order valence-electron chi connectivity index (χ1n) is 10.2. The molecule has 1 unspecified atom stereocenters. The van der Waals surface area contributed by atoms with Crippen LogP contribution in [0.15, 0.2) is 36.8 Å². The third-order valence-corrected chi connectivity index (χ3v) is 5.47. The van der Waals surface area contributed by atoms with E-state index in [2.05, 4.69) is 34.5 Å². The minimum atomic E-state index is -0.322. The minimum Gasteiger partial charge on any atom is -0.404 e. The van der Waals surface area contributed by atoms with E-state index < -0.39 is 0 Å². The summed E-state index contributed by atoms with van der Waals surface area (Å²) in [5.41, 5.74) is 10.3. The first-order chi connectivity index (χ1) is 14.9. The van der Waals surface area contributed by atoms with Crippen LogP contribution in [0.1, 0.15) is 31.9 Å². The Kier molecular flexibility index (Phi) is 5.41. The smallest absolute Gasteiger partial charge is 0.247 e. The number of aromatic nitrogens is 4. The molecule has 0 spiro atoms. The number of fused-ring (bicyclic) bond motifs is 1. The second-order valence-corrected chi connectivity index (χ2v) is 7.99. The van der Waals surface area contributed by atoms with Gasteiger partial charge in [0.05, 0.1) is 17.4 Å². The molecule has 1 aliphatic heterocycles. The van der Waals surface area contributed by atoms with Gasteiger partial charge in [-0.1, -0.05) is 11.3 Å². The number of likely N-dealkylation sites (N-methyl/N-ethyl adjacent to an activating group) is 1. The lowest BCUT2D eigenvalue weighted by Gasteiger charge is -2.17. The van der Waals surface area contributed by atoms with Gasteiger partial charge in [-0.3, -0.25) is 9.78 Å². The predicted octanol–water partition coefficient (Wildman–Crippen LogP) is 2.67. The van der Waals surface area contributed by atoms with Gasteiger partial charge in [-0.2, -0.15) is 0 Å². The lowest BCUT2D eigenvalue weighted by molar-refractivity contribution is -0.129. The van der Waals surface area contributed by atoms with E-state index in [1.165, 1.54) is 12.4 Å². The van der Waals surface area contributed by atoms with Crippen LogP contribution < -0.4 is 11.1 Å². The van der Waals surface area contributed by atoms with E-state index in [4.69, 9.17) is 11.1 Å². The molecule has 3 aromatic rings. The molecule has 0 bridgehead atoms. The molecule has 3 heterocycles. The summed E-state index contributed by atoms with van der Waals surface area (Å²) < 4.78 is 1.64. The molecule has 1 aliphatic rings. The van der Waals surface area contributed by atoms with Crippen LogP contribution in [0.2, 0.25) is 0 Å². The maximum Gasteiger partial charge on any atom is 0.247 e. The highest BCUT2D eigenvalue weighted by Crippen LogP contribution is 2.35. The highest BCUT2D eigenvalue weighted by atomic mass is 16.2. The van der Waals surface area contributed by atoms with Crippen molar-refractivity contribution in [2.45, 2.75) is 32.4 Å². The SMILES string of the molecule is CC(C)Nc1c(-c2cn(C3CCN(C)C3=O)nn2)cnc2ccc(/C(C=N)=C/N)cc12. The number of nitrogens with two attached hydrogens (primary N) is 1. The van der Waals surface area contributed by atoms with Gasteiger partial charge in [0.1, 0.15) is 11.7 Å². The fourth-order valence-electron chi connectivity index (χ4n) is 3.84. The van der Waals surface area contributed by atoms with Crippen molar-refractivity contribution < 1.29 is 4.79 Å². The molecule has 9 heteroatoms. The van der Waals surface area contributed by atoms with Crippen molar-refractivity contribution in [2.75, 3.05) is 18.9 Å². The molecule has 2 aromatic heterocycles. The van der Waals surface area contributed by atoms with Crippen LogP contribution in [0.25, 0.3) is 27.7 Å². The van der Waals surface area contributed by atoms with Crippen LogP contribution in [0.5, 0.6) is 0 Å². The Balaban J connectivity index is 1.84. The molecule has 31 heavy (non-hydrogen) atoms. The first kappa shape index (κ1) is 20.5. The molecule has 9 nitrogen and oxygen atoms in total. The van der Waals surface area contributed by atoms with Crippen molar-refractivity contribution in [1.82, 2.24) is 24.9 Å². The van der Waals surface area contributed by atoms with Crippen LogP contribution in [0.4, 0.5) is 5.69 Å². The Morgan fingerprint density at radius 2 is 2.19 bits per heavy atom. The van der Waals surface area contributed by atoms with Gasteiger partial charge in [-0.05, 0) is 38.0 Å². The molecule has 0 saturated carbocycles. The lowest BCUT2D eigenvalue weighted by Crippen LogP contribution is -2.24. The molecule has 1 aromatic carbocycles. The number of nitrogens with zero attached hydrogens (tertiary/aromatic N) is 5. The number of hydrogen-bond acceptors (Lipinski definition) is 7. The lowest BCUT2D eigenvalue weighted by atomic mass is 10.0. The summed E-state index contributed by atoms with van der Waals surface area (Å²) in [5.74, 6) is 0.0472. The zero-order chi connectivity index (χ0) is 22.1. The Morgan fingerprint density at radius 1 is 1.39 bits per heavy atom. The highest BCUT2D eigenvalue weighted by Gasteiger charge is 2.31. The Labute approximate surface area is 180 Å². The van der Waals surface area contributed by atoms with Crippen molar-refractivity contribution in [2.24, 2.45) is 5.73 Å². The van der Waals surface area contributed by atoms with E-state index in [1.807, 2.05) is 24.4 Å². The predicted molar refractivity (Wildman–Crippen MR) is 122 cm³/mol. The van der Waals surface area contributed by atoms with E-state index in [-0.39, 0.29) is 18.0 Å². The molecular formula is C22H26N8O. The Bertz CT molecular complexity index is 1180. The van der Waals surface area contributed by atoms with E-state index in [0.717, 1.165) is 27.7 Å². The van der Waals surface area contributed by atoms with Crippen molar-refractivity contribution in [3.63, 3.8) is 0 Å². The van der Waals surface area contributed by atoms with Crippen molar-refractivity contribution >= 4 is 34.3 Å². The molecule has 160 valence electrons. The Hall–Kier alpha value is -3.75. The third-order valence-electron chi connectivity index (χ3n) is 5.47. The first-order valence-corrected chi connectivity index (χ1v) is 10.2. The van der Waals surface area contributed by atoms with Crippen LogP contribution in [-0.4, -0.2) is 56.6 Å². The number of carbonyl (C=O) groups is 1. The number of rotatable bonds is 6. The molecule has 1 saturated heterocycles. The molecule has 1 amide bonds. The standard InChI is InChI=1S/C22H26N8O/c1-13(2)26-21-16-8-14(15(9-23)10-24)4-5-18(16)25-11-17(21)19-12-30(28-27-19)20-6-7-29(3)22(20)31/h4-5,8-13,20,23H,6-7,24H2,1-3H3,(H,25,26)/b15-10+,23-9?. The van der Waals surface area contributed by atoms with Crippen LogP contribution in [0.3, 0.4) is 0 Å². The van der Waals surface area contributed by atoms with E-state index >= 15 is 0 Å². The number of amides is 1. The maximum atomic E-state index is 12.4. The molecule has 1 fully saturated rings. The molecule has 4 N–H and O–H groups in total. The summed E-state index contributed by atoms with van der Waals surface area (Å²) >= 11 is 0. The van der Waals surface area contributed by atoms with Crippen LogP contribution >= 0.6 is 0 Å². The van der Waals surface area contributed by atoms with Crippen LogP contribution in [-0.2, 0) is 4.79 Å². The number of benzene rings is 1. The number of hydrogen-bond donors (Lipinski definition) is 3. The minimum absolute atomic E-state index is 0.0472. The van der Waals surface area contributed by atoms with E-state index in [1.54, 1.807) is 22.8 Å². The summed E-state index contributed by atoms with van der Waals surface area (Å²) in [6, 6.07) is 5.63. The van der Waals surface area contributed by atoms with Gasteiger partial charge in [0.15, 0.2) is 0 Å². The number of anilines is 1. The highest BCUT2D eigenvalue weighted by molar-refractivity contribution is 6.10. The van der Waals surface area contributed by atoms with Gasteiger partial charge in [0.25, 0.3) is 0 Å². The molecule has 4 rings (SSSR count). The summed E-state index contributed by atoms with van der Waals surface area (Å²) in [5, 5.41) is 20.6. The Morgan fingerprint density at radius 3 is 2.84 bits per heavy atom. The summed E-state index contributed by atoms with van der Waals surface area (Å²) in [7, 11) is 1.80. The topological polar surface area (TPSA) is 126 Å². The van der Waals surface area contributed by atoms with Gasteiger partial charge in [0, 0.05) is 54.8 Å². The number of likely N-dealkylation sites (tertiary alicyclic amines) is 1. The normalized spacial score (nSPS) is 17.0. The zero-order valence-corrected chi connectivity index (χ0v) is 17.8. The van der Waals surface area contributed by atoms with Gasteiger partial charge in [-0.25, -0.2) is 4.68 Å². The molecule has 1 atom stereocenters. The van der Waals surface area contributed by atoms with Gasteiger partial charge in [0.2, 0.25) is 5.91 Å². The van der Waals surface area contributed by atoms with Gasteiger partial charge in [-0.15, -0.1) is 5.10 Å². The second-order valence-electron chi connectivity index (χ2n) is 7.99. The van der Waals surface area contributed by atoms with Gasteiger partial charge < -0.3 is 21.4 Å². The number of nitrogens with one attached hydrogen (secondary N) is 2. The molecule has 0 aliphatic carbocycles.